The molecule has 1 aromatic carbocycles. The summed E-state index contributed by atoms with van der Waals surface area (Å²) < 4.78 is 31.6. The molecule has 0 fully saturated rings. The topological polar surface area (TPSA) is 111 Å². The third-order valence-electron chi connectivity index (χ3n) is 2.58. The summed E-state index contributed by atoms with van der Waals surface area (Å²) in [7, 11) is -3.78. The molecule has 0 amide bonds. The van der Waals surface area contributed by atoms with Crippen molar-refractivity contribution in [2.45, 2.75) is 18.7 Å². The lowest BCUT2D eigenvalue weighted by Crippen LogP contribution is -2.13. The number of hydrogen-bond donors (Lipinski definition) is 2. The summed E-state index contributed by atoms with van der Waals surface area (Å²) >= 11 is 0. The monoisotopic (exact) mass is 306 g/mol. The van der Waals surface area contributed by atoms with Crippen LogP contribution >= 0.6 is 0 Å². The quantitative estimate of drug-likeness (QED) is 0.811. The lowest BCUT2D eigenvalue weighted by molar-refractivity contribution is 0.534. The van der Waals surface area contributed by atoms with E-state index in [-0.39, 0.29) is 23.3 Å². The van der Waals surface area contributed by atoms with Crippen LogP contribution in [-0.4, -0.2) is 25.2 Å². The second-order valence-electron chi connectivity index (χ2n) is 4.21. The molecule has 0 bridgehead atoms. The number of aromatic nitrogens is 2. The van der Waals surface area contributed by atoms with Crippen molar-refractivity contribution in [2.24, 2.45) is 5.73 Å². The molecule has 8 heteroatoms. The van der Waals surface area contributed by atoms with Gasteiger partial charge in [0.2, 0.25) is 5.89 Å². The Balaban J connectivity index is 2.30. The zero-order valence-electron chi connectivity index (χ0n) is 11.5. The Hall–Kier alpha value is -2.37. The fourth-order valence-corrected chi connectivity index (χ4v) is 2.61. The van der Waals surface area contributed by atoms with Crippen LogP contribution in [0, 0.1) is 25.7 Å². The Morgan fingerprint density at radius 2 is 2.10 bits per heavy atom. The minimum atomic E-state index is -3.78. The molecule has 0 spiro atoms. The first-order chi connectivity index (χ1) is 9.92. The number of sulfonamides is 1. The maximum atomic E-state index is 12.2. The van der Waals surface area contributed by atoms with Crippen molar-refractivity contribution in [2.75, 3.05) is 11.3 Å². The molecule has 2 rings (SSSR count). The number of anilines is 1. The highest BCUT2D eigenvalue weighted by Gasteiger charge is 2.18. The molecule has 0 aliphatic carbocycles. The van der Waals surface area contributed by atoms with Gasteiger partial charge in [-0.1, -0.05) is 16.9 Å². The normalized spacial score (nSPS) is 10.8. The summed E-state index contributed by atoms with van der Waals surface area (Å²) in [5.41, 5.74) is 6.78. The minimum Gasteiger partial charge on any atom is -0.408 e. The molecule has 0 aliphatic rings. The first-order valence-electron chi connectivity index (χ1n) is 6.05. The Morgan fingerprint density at radius 3 is 2.67 bits per heavy atom. The molecular weight excluding hydrogens is 292 g/mol. The van der Waals surface area contributed by atoms with E-state index in [4.69, 9.17) is 10.2 Å². The van der Waals surface area contributed by atoms with Crippen LogP contribution in [0.15, 0.2) is 27.5 Å². The molecule has 0 radical (unpaired) electrons. The highest BCUT2D eigenvalue weighted by Crippen LogP contribution is 2.18. The molecule has 0 atom stereocenters. The predicted octanol–water partition coefficient (Wildman–Crippen LogP) is 0.797. The first kappa shape index (κ1) is 15.0. The average Bonchev–Trinajstić information content (AvgIpc) is 2.82. The van der Waals surface area contributed by atoms with Crippen molar-refractivity contribution in [1.29, 1.82) is 0 Å². The van der Waals surface area contributed by atoms with Crippen LogP contribution in [0.4, 0.5) is 6.01 Å². The van der Waals surface area contributed by atoms with E-state index in [0.29, 0.717) is 0 Å². The maximum absolute atomic E-state index is 12.2. The maximum Gasteiger partial charge on any atom is 0.329 e. The first-order valence-corrected chi connectivity index (χ1v) is 7.53. The summed E-state index contributed by atoms with van der Waals surface area (Å²) in [5, 5.41) is 7.15. The van der Waals surface area contributed by atoms with Crippen molar-refractivity contribution in [3.63, 3.8) is 0 Å². The highest BCUT2D eigenvalue weighted by atomic mass is 32.2. The third-order valence-corrected chi connectivity index (χ3v) is 3.90. The summed E-state index contributed by atoms with van der Waals surface area (Å²) in [5.74, 6) is 5.87. The number of rotatable bonds is 3. The molecule has 0 aliphatic heterocycles. The van der Waals surface area contributed by atoms with Gasteiger partial charge in [-0.3, -0.25) is 0 Å². The molecule has 2 aromatic rings. The summed E-state index contributed by atoms with van der Waals surface area (Å²) in [4.78, 5) is 0.0918. The average molecular weight is 306 g/mol. The van der Waals surface area contributed by atoms with E-state index in [0.717, 1.165) is 11.1 Å². The van der Waals surface area contributed by atoms with Crippen LogP contribution in [-0.2, 0) is 10.0 Å². The lowest BCUT2D eigenvalue weighted by atomic mass is 10.1. The van der Waals surface area contributed by atoms with E-state index >= 15 is 0 Å². The van der Waals surface area contributed by atoms with Gasteiger partial charge in [0.1, 0.15) is 0 Å². The highest BCUT2D eigenvalue weighted by molar-refractivity contribution is 7.92. The van der Waals surface area contributed by atoms with Gasteiger partial charge in [0.05, 0.1) is 11.4 Å². The van der Waals surface area contributed by atoms with Crippen LogP contribution in [0.5, 0.6) is 0 Å². The van der Waals surface area contributed by atoms with Gasteiger partial charge >= 0.3 is 6.01 Å². The van der Waals surface area contributed by atoms with Gasteiger partial charge in [0.15, 0.2) is 0 Å². The zero-order valence-corrected chi connectivity index (χ0v) is 12.4. The van der Waals surface area contributed by atoms with E-state index in [1.807, 2.05) is 0 Å². The smallest absolute Gasteiger partial charge is 0.329 e. The van der Waals surface area contributed by atoms with Crippen molar-refractivity contribution < 1.29 is 12.8 Å². The van der Waals surface area contributed by atoms with Crippen LogP contribution in [0.25, 0.3) is 0 Å². The fourth-order valence-electron chi connectivity index (χ4n) is 1.60. The van der Waals surface area contributed by atoms with Gasteiger partial charge in [-0.15, -0.1) is 5.10 Å². The molecule has 1 aromatic heterocycles. The molecule has 110 valence electrons. The molecule has 0 saturated carbocycles. The van der Waals surface area contributed by atoms with Gasteiger partial charge in [-0.05, 0) is 30.7 Å². The standard InChI is InChI=1S/C13H14N4O3S/c1-9-8-12(6-5-11(9)4-3-7-14)21(18,19)17-13-16-15-10(2)20-13/h5-6,8H,7,14H2,1-2H3,(H,16,17). The van der Waals surface area contributed by atoms with Gasteiger partial charge < -0.3 is 10.2 Å². The van der Waals surface area contributed by atoms with Gasteiger partial charge in [-0.2, -0.15) is 0 Å². The molecule has 1 heterocycles. The van der Waals surface area contributed by atoms with Gasteiger partial charge in [0.25, 0.3) is 10.0 Å². The molecule has 0 unspecified atom stereocenters. The predicted molar refractivity (Wildman–Crippen MR) is 77.0 cm³/mol. The van der Waals surface area contributed by atoms with Crippen LogP contribution in [0.1, 0.15) is 17.0 Å². The fraction of sp³-hybridized carbons (Fsp3) is 0.231. The summed E-state index contributed by atoms with van der Waals surface area (Å²) in [6, 6.07) is 4.44. The third kappa shape index (κ3) is 3.59. The Kier molecular flexibility index (Phi) is 4.26. The van der Waals surface area contributed by atoms with Crippen LogP contribution in [0.3, 0.4) is 0 Å². The lowest BCUT2D eigenvalue weighted by Gasteiger charge is -2.06. The van der Waals surface area contributed by atoms with Crippen molar-refractivity contribution in [3.8, 4) is 11.8 Å². The number of nitrogens with two attached hydrogens (primary N) is 1. The molecule has 7 nitrogen and oxygen atoms in total. The Bertz CT molecular complexity index is 815. The minimum absolute atomic E-state index is 0.0918. The molecule has 21 heavy (non-hydrogen) atoms. The van der Waals surface area contributed by atoms with E-state index in [2.05, 4.69) is 26.8 Å². The van der Waals surface area contributed by atoms with E-state index in [1.165, 1.54) is 12.1 Å². The summed E-state index contributed by atoms with van der Waals surface area (Å²) in [6.07, 6.45) is 0. The van der Waals surface area contributed by atoms with Crippen molar-refractivity contribution >= 4 is 16.0 Å². The largest absolute Gasteiger partial charge is 0.408 e. The molecule has 0 saturated heterocycles. The Morgan fingerprint density at radius 1 is 1.33 bits per heavy atom. The van der Waals surface area contributed by atoms with Gasteiger partial charge in [0, 0.05) is 12.5 Å². The van der Waals surface area contributed by atoms with E-state index < -0.39 is 10.0 Å². The SMILES string of the molecule is Cc1nnc(NS(=O)(=O)c2ccc(C#CCN)c(C)c2)o1. The number of nitrogens with one attached hydrogen (secondary N) is 1. The van der Waals surface area contributed by atoms with Crippen molar-refractivity contribution in [3.05, 3.63) is 35.2 Å². The zero-order chi connectivity index (χ0) is 15.5. The number of aryl methyl sites for hydroxylation is 2. The van der Waals surface area contributed by atoms with Gasteiger partial charge in [-0.25, -0.2) is 13.1 Å². The van der Waals surface area contributed by atoms with E-state index in [1.54, 1.807) is 19.9 Å². The number of hydrogen-bond acceptors (Lipinski definition) is 6. The second-order valence-corrected chi connectivity index (χ2v) is 5.90. The number of benzene rings is 1. The second kappa shape index (κ2) is 5.95. The Labute approximate surface area is 122 Å². The van der Waals surface area contributed by atoms with E-state index in [9.17, 15) is 8.42 Å². The van der Waals surface area contributed by atoms with Crippen LogP contribution < -0.4 is 10.5 Å². The molecule has 3 N–H and O–H groups in total. The van der Waals surface area contributed by atoms with Crippen LogP contribution in [0.2, 0.25) is 0 Å². The summed E-state index contributed by atoms with van der Waals surface area (Å²) in [6.45, 7) is 3.59. The number of nitrogens with zero attached hydrogens (tertiary/aromatic N) is 2. The van der Waals surface area contributed by atoms with Crippen molar-refractivity contribution in [1.82, 2.24) is 10.2 Å². The molecular formula is C13H14N4O3S.